The second-order valence-electron chi connectivity index (χ2n) is 3.48. The van der Waals surface area contributed by atoms with Gasteiger partial charge in [0.25, 0.3) is 0 Å². The van der Waals surface area contributed by atoms with Crippen molar-refractivity contribution in [2.24, 2.45) is 0 Å². The van der Waals surface area contributed by atoms with Crippen molar-refractivity contribution in [3.05, 3.63) is 22.7 Å². The third kappa shape index (κ3) is 3.10. The van der Waals surface area contributed by atoms with Gasteiger partial charge in [0.05, 0.1) is 29.1 Å². The molecule has 0 aliphatic heterocycles. The smallest absolute Gasteiger partial charge is 0.310 e. The van der Waals surface area contributed by atoms with Crippen LogP contribution in [0.4, 0.5) is 5.69 Å². The summed E-state index contributed by atoms with van der Waals surface area (Å²) in [6.07, 6.45) is 0.986. The van der Waals surface area contributed by atoms with E-state index in [1.54, 1.807) is 0 Å². The molecule has 0 saturated carbocycles. The van der Waals surface area contributed by atoms with Crippen LogP contribution < -0.4 is 5.73 Å². The molecular weight excluding hydrogens is 266 g/mol. The summed E-state index contributed by atoms with van der Waals surface area (Å²) in [4.78, 5) is 11.0. The van der Waals surface area contributed by atoms with Crippen molar-refractivity contribution in [1.82, 2.24) is 0 Å². The van der Waals surface area contributed by atoms with Crippen molar-refractivity contribution < 1.29 is 17.9 Å². The van der Waals surface area contributed by atoms with Crippen LogP contribution in [0.3, 0.4) is 0 Å². The number of anilines is 1. The number of ether oxygens (including phenoxy) is 1. The second kappa shape index (κ2) is 4.93. The van der Waals surface area contributed by atoms with Gasteiger partial charge in [-0.25, -0.2) is 8.42 Å². The largest absolute Gasteiger partial charge is 0.469 e. The monoisotopic (exact) mass is 277 g/mol. The van der Waals surface area contributed by atoms with Crippen LogP contribution in [0.25, 0.3) is 0 Å². The minimum Gasteiger partial charge on any atom is -0.469 e. The van der Waals surface area contributed by atoms with Gasteiger partial charge in [-0.05, 0) is 11.6 Å². The first kappa shape index (κ1) is 13.8. The number of sulfone groups is 1. The zero-order valence-corrected chi connectivity index (χ0v) is 10.9. The lowest BCUT2D eigenvalue weighted by molar-refractivity contribution is -0.139. The summed E-state index contributed by atoms with van der Waals surface area (Å²) in [5, 5.41) is -0.0612. The van der Waals surface area contributed by atoms with E-state index >= 15 is 0 Å². The molecule has 7 heteroatoms. The number of esters is 1. The van der Waals surface area contributed by atoms with E-state index in [2.05, 4.69) is 4.74 Å². The summed E-state index contributed by atoms with van der Waals surface area (Å²) >= 11 is 5.85. The van der Waals surface area contributed by atoms with Crippen molar-refractivity contribution in [1.29, 1.82) is 0 Å². The average molecular weight is 278 g/mol. The Bertz CT molecular complexity index is 554. The summed E-state index contributed by atoms with van der Waals surface area (Å²) in [7, 11) is -2.18. The van der Waals surface area contributed by atoms with E-state index in [0.29, 0.717) is 5.56 Å². The first-order chi connectivity index (χ1) is 7.77. The van der Waals surface area contributed by atoms with Crippen LogP contribution in [-0.4, -0.2) is 27.8 Å². The molecule has 0 aliphatic carbocycles. The molecule has 2 N–H and O–H groups in total. The van der Waals surface area contributed by atoms with Crippen molar-refractivity contribution in [2.45, 2.75) is 11.3 Å². The zero-order chi connectivity index (χ0) is 13.2. The average Bonchev–Trinajstić information content (AvgIpc) is 2.22. The highest BCUT2D eigenvalue weighted by molar-refractivity contribution is 7.90. The lowest BCUT2D eigenvalue weighted by Crippen LogP contribution is -2.09. The normalized spacial score (nSPS) is 11.2. The SMILES string of the molecule is COC(=O)Cc1ccc(S(C)(=O)=O)c(Cl)c1N. The van der Waals surface area contributed by atoms with Crippen molar-refractivity contribution in [3.63, 3.8) is 0 Å². The molecule has 17 heavy (non-hydrogen) atoms. The third-order valence-corrected chi connectivity index (χ3v) is 3.85. The fourth-order valence-electron chi connectivity index (χ4n) is 1.28. The molecule has 0 atom stereocenters. The standard InChI is InChI=1S/C10H12ClNO4S/c1-16-8(13)5-6-3-4-7(17(2,14)15)9(11)10(6)12/h3-4H,5,12H2,1-2H3. The highest BCUT2D eigenvalue weighted by Crippen LogP contribution is 2.30. The minimum absolute atomic E-state index is 0.0495. The molecule has 0 spiro atoms. The fourth-order valence-corrected chi connectivity index (χ4v) is 2.64. The van der Waals surface area contributed by atoms with Crippen LogP contribution in [0.15, 0.2) is 17.0 Å². The number of rotatable bonds is 3. The van der Waals surface area contributed by atoms with Gasteiger partial charge in [-0.3, -0.25) is 4.79 Å². The molecule has 94 valence electrons. The molecule has 1 aromatic rings. The summed E-state index contributed by atoms with van der Waals surface area (Å²) in [6.45, 7) is 0. The molecule has 5 nitrogen and oxygen atoms in total. The van der Waals surface area contributed by atoms with E-state index < -0.39 is 15.8 Å². The van der Waals surface area contributed by atoms with Crippen LogP contribution in [0, 0.1) is 0 Å². The molecule has 0 heterocycles. The van der Waals surface area contributed by atoms with Crippen molar-refractivity contribution in [2.75, 3.05) is 19.1 Å². The van der Waals surface area contributed by atoms with Gasteiger partial charge in [-0.15, -0.1) is 0 Å². The Morgan fingerprint density at radius 2 is 2.06 bits per heavy atom. The van der Waals surface area contributed by atoms with E-state index in [1.807, 2.05) is 0 Å². The minimum atomic E-state index is -3.43. The molecule has 0 saturated heterocycles. The van der Waals surface area contributed by atoms with Crippen molar-refractivity contribution >= 4 is 33.1 Å². The number of methoxy groups -OCH3 is 1. The number of hydrogen-bond donors (Lipinski definition) is 1. The van der Waals surface area contributed by atoms with Crippen LogP contribution in [0.5, 0.6) is 0 Å². The summed E-state index contributed by atoms with van der Waals surface area (Å²) in [6, 6.07) is 2.78. The fraction of sp³-hybridized carbons (Fsp3) is 0.300. The molecule has 0 fully saturated rings. The summed E-state index contributed by atoms with van der Waals surface area (Å²) in [5.74, 6) is -0.472. The van der Waals surface area contributed by atoms with Crippen LogP contribution in [0.2, 0.25) is 5.02 Å². The van der Waals surface area contributed by atoms with Gasteiger partial charge >= 0.3 is 5.97 Å². The number of halogens is 1. The van der Waals surface area contributed by atoms with E-state index in [0.717, 1.165) is 6.26 Å². The first-order valence-corrected chi connectivity index (χ1v) is 6.88. The molecule has 0 unspecified atom stereocenters. The Hall–Kier alpha value is -1.27. The van der Waals surface area contributed by atoms with Crippen LogP contribution in [0.1, 0.15) is 5.56 Å². The zero-order valence-electron chi connectivity index (χ0n) is 9.36. The number of carbonyl (C=O) groups is 1. The maximum Gasteiger partial charge on any atom is 0.310 e. The van der Waals surface area contributed by atoms with E-state index in [4.69, 9.17) is 17.3 Å². The molecular formula is C10H12ClNO4S. The molecule has 0 radical (unpaired) electrons. The first-order valence-electron chi connectivity index (χ1n) is 4.61. The number of hydrogen-bond acceptors (Lipinski definition) is 5. The van der Waals surface area contributed by atoms with Crippen LogP contribution in [-0.2, 0) is 25.8 Å². The molecule has 0 bridgehead atoms. The number of benzene rings is 1. The number of carbonyl (C=O) groups excluding carboxylic acids is 1. The van der Waals surface area contributed by atoms with Gasteiger partial charge in [0.1, 0.15) is 0 Å². The lowest BCUT2D eigenvalue weighted by atomic mass is 10.1. The van der Waals surface area contributed by atoms with Gasteiger partial charge in [0.15, 0.2) is 9.84 Å². The van der Waals surface area contributed by atoms with E-state index in [1.165, 1.54) is 19.2 Å². The molecule has 0 aromatic heterocycles. The van der Waals surface area contributed by atoms with Crippen molar-refractivity contribution in [3.8, 4) is 0 Å². The second-order valence-corrected chi connectivity index (χ2v) is 5.84. The van der Waals surface area contributed by atoms with E-state index in [-0.39, 0.29) is 22.0 Å². The van der Waals surface area contributed by atoms with Gasteiger partial charge in [0.2, 0.25) is 0 Å². The Labute approximate surface area is 104 Å². The predicted octanol–water partition coefficient (Wildman–Crippen LogP) is 1.04. The van der Waals surface area contributed by atoms with Gasteiger partial charge in [-0.1, -0.05) is 17.7 Å². The van der Waals surface area contributed by atoms with Gasteiger partial charge < -0.3 is 10.5 Å². The lowest BCUT2D eigenvalue weighted by Gasteiger charge is -2.09. The van der Waals surface area contributed by atoms with Gasteiger partial charge in [0, 0.05) is 6.26 Å². The van der Waals surface area contributed by atoms with E-state index in [9.17, 15) is 13.2 Å². The Kier molecular flexibility index (Phi) is 4.00. The Morgan fingerprint density at radius 3 is 2.53 bits per heavy atom. The third-order valence-electron chi connectivity index (χ3n) is 2.20. The summed E-state index contributed by atoms with van der Waals surface area (Å²) in [5.41, 5.74) is 6.20. The maximum atomic E-state index is 11.4. The quantitative estimate of drug-likeness (QED) is 0.659. The summed E-state index contributed by atoms with van der Waals surface area (Å²) < 4.78 is 27.2. The Balaban J connectivity index is 3.25. The topological polar surface area (TPSA) is 86.5 Å². The molecule has 0 amide bonds. The number of nitrogen functional groups attached to an aromatic ring is 1. The predicted molar refractivity (Wildman–Crippen MR) is 64.7 cm³/mol. The van der Waals surface area contributed by atoms with Crippen LogP contribution >= 0.6 is 11.6 Å². The molecule has 0 aliphatic rings. The highest BCUT2D eigenvalue weighted by atomic mass is 35.5. The number of nitrogens with two attached hydrogens (primary N) is 1. The Morgan fingerprint density at radius 1 is 1.47 bits per heavy atom. The van der Waals surface area contributed by atoms with Gasteiger partial charge in [-0.2, -0.15) is 0 Å². The highest BCUT2D eigenvalue weighted by Gasteiger charge is 2.17. The molecule has 1 rings (SSSR count). The molecule has 1 aromatic carbocycles. The maximum absolute atomic E-state index is 11.4.